The van der Waals surface area contributed by atoms with E-state index in [-0.39, 0.29) is 0 Å². The van der Waals surface area contributed by atoms with Crippen LogP contribution >= 0.6 is 0 Å². The van der Waals surface area contributed by atoms with Crippen LogP contribution in [0.15, 0.2) is 24.3 Å². The summed E-state index contributed by atoms with van der Waals surface area (Å²) in [7, 11) is 0. The molecule has 2 rings (SSSR count). The minimum absolute atomic E-state index is 0.763. The normalized spacial score (nSPS) is 18.4. The van der Waals surface area contributed by atoms with Crippen LogP contribution in [0.1, 0.15) is 36.8 Å². The average Bonchev–Trinajstić information content (AvgIpc) is 2.30. The van der Waals surface area contributed by atoms with Crippen LogP contribution in [0.2, 0.25) is 0 Å². The fraction of sp³-hybridized carbons (Fsp3) is 0.538. The molecule has 1 saturated heterocycles. The predicted octanol–water partition coefficient (Wildman–Crippen LogP) is 2.73. The number of hydrogen-bond acceptors (Lipinski definition) is 0. The van der Waals surface area contributed by atoms with Crippen LogP contribution in [-0.2, 0) is 6.42 Å². The van der Waals surface area contributed by atoms with E-state index in [1.807, 2.05) is 0 Å². The molecule has 1 aliphatic heterocycles. The van der Waals surface area contributed by atoms with Gasteiger partial charge in [0.1, 0.15) is 0 Å². The summed E-state index contributed by atoms with van der Waals surface area (Å²) >= 11 is 0. The van der Waals surface area contributed by atoms with E-state index in [1.54, 1.807) is 0 Å². The van der Waals surface area contributed by atoms with Gasteiger partial charge in [0, 0.05) is 13.1 Å². The van der Waals surface area contributed by atoms with Gasteiger partial charge in [0.15, 0.2) is 0 Å². The molecule has 0 saturated carbocycles. The SMILES string of the molecule is CCc1cccc(C2CC[N]CC2)c1. The molecular formula is C13H18N. The van der Waals surface area contributed by atoms with Crippen LogP contribution in [0, 0.1) is 0 Å². The maximum atomic E-state index is 4.40. The Morgan fingerprint density at radius 1 is 1.29 bits per heavy atom. The second-order valence-electron chi connectivity index (χ2n) is 4.04. The third-order valence-electron chi connectivity index (χ3n) is 3.10. The summed E-state index contributed by atoms with van der Waals surface area (Å²) in [5, 5.41) is 4.40. The molecule has 1 heteroatoms. The fourth-order valence-electron chi connectivity index (χ4n) is 2.15. The zero-order valence-corrected chi connectivity index (χ0v) is 8.87. The molecule has 0 N–H and O–H groups in total. The molecule has 1 aromatic rings. The Kier molecular flexibility index (Phi) is 3.20. The second kappa shape index (κ2) is 4.61. The molecule has 0 bridgehead atoms. The smallest absolute Gasteiger partial charge is 0.0139 e. The fourth-order valence-corrected chi connectivity index (χ4v) is 2.15. The summed E-state index contributed by atoms with van der Waals surface area (Å²) in [5.41, 5.74) is 2.99. The first-order valence-electron chi connectivity index (χ1n) is 5.62. The highest BCUT2D eigenvalue weighted by molar-refractivity contribution is 5.26. The summed E-state index contributed by atoms with van der Waals surface area (Å²) in [6, 6.07) is 9.06. The maximum absolute atomic E-state index is 4.40. The molecule has 0 amide bonds. The summed E-state index contributed by atoms with van der Waals surface area (Å²) in [5.74, 6) is 0.763. The molecule has 0 aliphatic carbocycles. The molecule has 1 radical (unpaired) electrons. The molecule has 1 fully saturated rings. The van der Waals surface area contributed by atoms with Gasteiger partial charge in [0.2, 0.25) is 0 Å². The van der Waals surface area contributed by atoms with E-state index in [1.165, 1.54) is 24.0 Å². The van der Waals surface area contributed by atoms with Crippen molar-refractivity contribution in [1.82, 2.24) is 5.32 Å². The van der Waals surface area contributed by atoms with E-state index in [2.05, 4.69) is 36.5 Å². The summed E-state index contributed by atoms with van der Waals surface area (Å²) in [4.78, 5) is 0. The largest absolute Gasteiger partial charge is 0.242 e. The van der Waals surface area contributed by atoms with Crippen molar-refractivity contribution in [2.45, 2.75) is 32.1 Å². The van der Waals surface area contributed by atoms with Gasteiger partial charge in [-0.1, -0.05) is 31.2 Å². The minimum Gasteiger partial charge on any atom is -0.242 e. The Morgan fingerprint density at radius 2 is 2.07 bits per heavy atom. The van der Waals surface area contributed by atoms with Gasteiger partial charge in [-0.25, -0.2) is 5.32 Å². The summed E-state index contributed by atoms with van der Waals surface area (Å²) in [6.45, 7) is 4.33. The number of hydrogen-bond donors (Lipinski definition) is 0. The van der Waals surface area contributed by atoms with Gasteiger partial charge in [-0.2, -0.15) is 0 Å². The molecule has 1 heterocycles. The molecule has 1 aromatic carbocycles. The van der Waals surface area contributed by atoms with Gasteiger partial charge in [-0.15, -0.1) is 0 Å². The van der Waals surface area contributed by atoms with Gasteiger partial charge in [-0.05, 0) is 36.3 Å². The van der Waals surface area contributed by atoms with E-state index >= 15 is 0 Å². The lowest BCUT2D eigenvalue weighted by Crippen LogP contribution is -2.21. The van der Waals surface area contributed by atoms with E-state index in [4.69, 9.17) is 0 Å². The number of rotatable bonds is 2. The van der Waals surface area contributed by atoms with Crippen LogP contribution in [-0.4, -0.2) is 13.1 Å². The first-order valence-corrected chi connectivity index (χ1v) is 5.62. The topological polar surface area (TPSA) is 14.1 Å². The van der Waals surface area contributed by atoms with Crippen molar-refractivity contribution in [2.75, 3.05) is 13.1 Å². The molecule has 0 atom stereocenters. The lowest BCUT2D eigenvalue weighted by atomic mass is 9.89. The van der Waals surface area contributed by atoms with E-state index in [0.717, 1.165) is 25.4 Å². The van der Waals surface area contributed by atoms with E-state index in [9.17, 15) is 0 Å². The first kappa shape index (κ1) is 9.72. The quantitative estimate of drug-likeness (QED) is 0.677. The van der Waals surface area contributed by atoms with Crippen molar-refractivity contribution in [3.05, 3.63) is 35.4 Å². The number of nitrogens with zero attached hydrogens (tertiary/aromatic N) is 1. The van der Waals surface area contributed by atoms with Crippen LogP contribution in [0.4, 0.5) is 0 Å². The molecule has 1 nitrogen and oxygen atoms in total. The Hall–Kier alpha value is -0.820. The second-order valence-corrected chi connectivity index (χ2v) is 4.04. The van der Waals surface area contributed by atoms with Crippen molar-refractivity contribution in [3.8, 4) is 0 Å². The lowest BCUT2D eigenvalue weighted by molar-refractivity contribution is 0.453. The zero-order valence-electron chi connectivity index (χ0n) is 8.87. The number of piperidine rings is 1. The predicted molar refractivity (Wildman–Crippen MR) is 59.7 cm³/mol. The van der Waals surface area contributed by atoms with Crippen molar-refractivity contribution >= 4 is 0 Å². The van der Waals surface area contributed by atoms with E-state index in [0.29, 0.717) is 0 Å². The third kappa shape index (κ3) is 2.16. The molecule has 0 spiro atoms. The first-order chi connectivity index (χ1) is 6.90. The molecule has 0 unspecified atom stereocenters. The number of benzene rings is 1. The van der Waals surface area contributed by atoms with Crippen molar-refractivity contribution in [2.24, 2.45) is 0 Å². The van der Waals surface area contributed by atoms with Gasteiger partial charge in [0.25, 0.3) is 0 Å². The van der Waals surface area contributed by atoms with Gasteiger partial charge >= 0.3 is 0 Å². The molecule has 0 aromatic heterocycles. The van der Waals surface area contributed by atoms with Gasteiger partial charge in [-0.3, -0.25) is 0 Å². The third-order valence-corrected chi connectivity index (χ3v) is 3.10. The van der Waals surface area contributed by atoms with Crippen molar-refractivity contribution < 1.29 is 0 Å². The molecule has 1 aliphatic rings. The molecular weight excluding hydrogens is 170 g/mol. The average molecular weight is 188 g/mol. The van der Waals surface area contributed by atoms with Gasteiger partial charge in [0.05, 0.1) is 0 Å². The Bertz CT molecular complexity index is 287. The van der Waals surface area contributed by atoms with Crippen LogP contribution in [0.5, 0.6) is 0 Å². The Labute approximate surface area is 86.5 Å². The van der Waals surface area contributed by atoms with Crippen molar-refractivity contribution in [3.63, 3.8) is 0 Å². The summed E-state index contributed by atoms with van der Waals surface area (Å²) < 4.78 is 0. The van der Waals surface area contributed by atoms with Crippen LogP contribution in [0.3, 0.4) is 0 Å². The Morgan fingerprint density at radius 3 is 2.79 bits per heavy atom. The van der Waals surface area contributed by atoms with E-state index < -0.39 is 0 Å². The Balaban J connectivity index is 2.13. The highest BCUT2D eigenvalue weighted by Gasteiger charge is 2.15. The molecule has 75 valence electrons. The van der Waals surface area contributed by atoms with Gasteiger partial charge < -0.3 is 0 Å². The monoisotopic (exact) mass is 188 g/mol. The summed E-state index contributed by atoms with van der Waals surface area (Å²) in [6.07, 6.45) is 3.63. The minimum atomic E-state index is 0.763. The highest BCUT2D eigenvalue weighted by atomic mass is 14.9. The molecule has 14 heavy (non-hydrogen) atoms. The van der Waals surface area contributed by atoms with Crippen LogP contribution in [0.25, 0.3) is 0 Å². The zero-order chi connectivity index (χ0) is 9.80. The van der Waals surface area contributed by atoms with Crippen molar-refractivity contribution in [1.29, 1.82) is 0 Å². The maximum Gasteiger partial charge on any atom is 0.0139 e. The highest BCUT2D eigenvalue weighted by Crippen LogP contribution is 2.26. The lowest BCUT2D eigenvalue weighted by Gasteiger charge is -2.22. The van der Waals surface area contributed by atoms with Crippen LogP contribution < -0.4 is 5.32 Å². The standard InChI is InChI=1S/C13H18N/c1-2-11-4-3-5-13(10-11)12-6-8-14-9-7-12/h3-5,10,12H,2,6-9H2,1H3. The number of aryl methyl sites for hydroxylation is 1.